The molecule has 1 heterocycles. The normalized spacial score (nSPS) is 19.9. The summed E-state index contributed by atoms with van der Waals surface area (Å²) in [6.45, 7) is 4.69. The Bertz CT molecular complexity index is 1940. The number of para-hydroxylation sites is 2. The minimum atomic E-state index is -0.337. The molecular weight excluding hydrogens is 496 g/mol. The zero-order valence-corrected chi connectivity index (χ0v) is 23.3. The summed E-state index contributed by atoms with van der Waals surface area (Å²) in [6, 6.07) is 52.7. The molecule has 1 nitrogen and oxygen atoms in total. The maximum absolute atomic E-state index is 6.78. The summed E-state index contributed by atoms with van der Waals surface area (Å²) in [5, 5.41) is 0. The summed E-state index contributed by atoms with van der Waals surface area (Å²) in [6.07, 6.45) is 0. The molecule has 6 aromatic rings. The molecule has 0 amide bonds. The monoisotopic (exact) mass is 526 g/mol. The molecule has 2 aliphatic rings. The number of ether oxygens (including phenoxy) is 1. The maximum Gasteiger partial charge on any atom is 0.139 e. The van der Waals surface area contributed by atoms with Gasteiger partial charge in [0.2, 0.25) is 0 Å². The molecule has 196 valence electrons. The van der Waals surface area contributed by atoms with Crippen molar-refractivity contribution < 1.29 is 4.74 Å². The first-order valence-electron chi connectivity index (χ1n) is 14.4. The Balaban J connectivity index is 1.35. The van der Waals surface area contributed by atoms with Crippen LogP contribution in [0.4, 0.5) is 0 Å². The number of rotatable bonds is 3. The largest absolute Gasteiger partial charge is 0.456 e. The molecule has 8 rings (SSSR count). The van der Waals surface area contributed by atoms with E-state index in [-0.39, 0.29) is 10.8 Å². The Morgan fingerprint density at radius 2 is 0.951 bits per heavy atom. The quantitative estimate of drug-likeness (QED) is 0.223. The molecule has 1 aliphatic carbocycles. The van der Waals surface area contributed by atoms with Crippen molar-refractivity contribution in [2.24, 2.45) is 0 Å². The Hall–Kier alpha value is -4.88. The van der Waals surface area contributed by atoms with E-state index in [1.807, 2.05) is 0 Å². The highest BCUT2D eigenvalue weighted by Crippen LogP contribution is 2.56. The van der Waals surface area contributed by atoms with Crippen LogP contribution in [0.2, 0.25) is 0 Å². The van der Waals surface area contributed by atoms with E-state index < -0.39 is 0 Å². The van der Waals surface area contributed by atoms with Gasteiger partial charge in [0.05, 0.1) is 0 Å². The van der Waals surface area contributed by atoms with Crippen LogP contribution in [0.15, 0.2) is 146 Å². The minimum absolute atomic E-state index is 0.205. The molecule has 6 aromatic carbocycles. The maximum atomic E-state index is 6.78. The number of fused-ring (bicyclic) bond motifs is 5. The van der Waals surface area contributed by atoms with Gasteiger partial charge in [0.1, 0.15) is 11.5 Å². The van der Waals surface area contributed by atoms with Crippen LogP contribution in [-0.2, 0) is 10.8 Å². The lowest BCUT2D eigenvalue weighted by Gasteiger charge is -2.38. The van der Waals surface area contributed by atoms with Crippen LogP contribution in [-0.4, -0.2) is 0 Å². The highest BCUT2D eigenvalue weighted by atomic mass is 16.5. The Morgan fingerprint density at radius 1 is 0.415 bits per heavy atom. The van der Waals surface area contributed by atoms with Gasteiger partial charge in [-0.25, -0.2) is 0 Å². The van der Waals surface area contributed by atoms with Gasteiger partial charge in [0, 0.05) is 27.5 Å². The van der Waals surface area contributed by atoms with Gasteiger partial charge in [-0.05, 0) is 64.9 Å². The van der Waals surface area contributed by atoms with Crippen molar-refractivity contribution in [3.63, 3.8) is 0 Å². The molecule has 41 heavy (non-hydrogen) atoms. The molecule has 0 N–H and O–H groups in total. The van der Waals surface area contributed by atoms with Crippen LogP contribution in [0.25, 0.3) is 22.3 Å². The van der Waals surface area contributed by atoms with Crippen LogP contribution in [0.5, 0.6) is 11.5 Å². The SMILES string of the molecule is CC1(c2ccccc2)c2ccccc2-c2cc(-c3cccc4c3Oc3ccccc3C4(C)c3ccccc3)ccc21. The third kappa shape index (κ3) is 3.30. The van der Waals surface area contributed by atoms with E-state index in [1.165, 1.54) is 50.1 Å². The third-order valence-electron chi connectivity index (χ3n) is 9.52. The van der Waals surface area contributed by atoms with Crippen LogP contribution >= 0.6 is 0 Å². The third-order valence-corrected chi connectivity index (χ3v) is 9.52. The Kier molecular flexibility index (Phi) is 5.15. The van der Waals surface area contributed by atoms with E-state index in [9.17, 15) is 0 Å². The molecule has 1 aliphatic heterocycles. The van der Waals surface area contributed by atoms with Gasteiger partial charge in [-0.1, -0.05) is 133 Å². The fraction of sp³-hybridized carbons (Fsp3) is 0.100. The summed E-state index contributed by atoms with van der Waals surface area (Å²) in [5.74, 6) is 1.86. The second kappa shape index (κ2) is 8.81. The van der Waals surface area contributed by atoms with Gasteiger partial charge < -0.3 is 4.74 Å². The summed E-state index contributed by atoms with van der Waals surface area (Å²) in [4.78, 5) is 0. The van der Waals surface area contributed by atoms with Crippen molar-refractivity contribution >= 4 is 0 Å². The fourth-order valence-corrected chi connectivity index (χ4v) is 7.33. The van der Waals surface area contributed by atoms with Crippen molar-refractivity contribution in [2.75, 3.05) is 0 Å². The second-order valence-corrected chi connectivity index (χ2v) is 11.6. The topological polar surface area (TPSA) is 9.23 Å². The van der Waals surface area contributed by atoms with Crippen molar-refractivity contribution in [1.29, 1.82) is 0 Å². The smallest absolute Gasteiger partial charge is 0.139 e. The summed E-state index contributed by atoms with van der Waals surface area (Å²) >= 11 is 0. The molecule has 2 atom stereocenters. The van der Waals surface area contributed by atoms with Gasteiger partial charge in [0.15, 0.2) is 0 Å². The molecule has 0 saturated carbocycles. The predicted molar refractivity (Wildman–Crippen MR) is 168 cm³/mol. The van der Waals surface area contributed by atoms with E-state index in [0.717, 1.165) is 17.1 Å². The van der Waals surface area contributed by atoms with Crippen molar-refractivity contribution in [1.82, 2.24) is 0 Å². The van der Waals surface area contributed by atoms with Crippen molar-refractivity contribution in [2.45, 2.75) is 24.7 Å². The summed E-state index contributed by atoms with van der Waals surface area (Å²) in [5.41, 5.74) is 12.0. The van der Waals surface area contributed by atoms with E-state index in [1.54, 1.807) is 0 Å². The summed E-state index contributed by atoms with van der Waals surface area (Å²) in [7, 11) is 0. The molecule has 0 radical (unpaired) electrons. The van der Waals surface area contributed by atoms with Crippen LogP contribution < -0.4 is 4.74 Å². The molecular formula is C40H30O. The van der Waals surface area contributed by atoms with E-state index >= 15 is 0 Å². The van der Waals surface area contributed by atoms with Gasteiger partial charge in [0.25, 0.3) is 0 Å². The number of hydrogen-bond acceptors (Lipinski definition) is 1. The molecule has 0 aromatic heterocycles. The first kappa shape index (κ1) is 24.0. The Morgan fingerprint density at radius 3 is 1.68 bits per heavy atom. The highest BCUT2D eigenvalue weighted by molar-refractivity contribution is 5.88. The molecule has 0 fully saturated rings. The standard InChI is InChI=1S/C40H30O/c1-39(28-14-5-3-6-15-28)33-20-10-9-18-31(33)32-26-27(24-25-34(32)39)30-19-13-22-36-38(30)41-37-23-12-11-21-35(37)40(36,2)29-16-7-4-8-17-29/h3-26H,1-2H3. The molecule has 2 unspecified atom stereocenters. The molecule has 0 bridgehead atoms. The summed E-state index contributed by atoms with van der Waals surface area (Å²) < 4.78 is 6.78. The lowest BCUT2D eigenvalue weighted by molar-refractivity contribution is 0.429. The average Bonchev–Trinajstić information content (AvgIpc) is 3.30. The minimum Gasteiger partial charge on any atom is -0.456 e. The van der Waals surface area contributed by atoms with Gasteiger partial charge in [-0.2, -0.15) is 0 Å². The van der Waals surface area contributed by atoms with Gasteiger partial charge in [-0.15, -0.1) is 0 Å². The highest BCUT2D eigenvalue weighted by Gasteiger charge is 2.42. The predicted octanol–water partition coefficient (Wildman–Crippen LogP) is 10.1. The van der Waals surface area contributed by atoms with Crippen molar-refractivity contribution in [3.8, 4) is 33.8 Å². The fourth-order valence-electron chi connectivity index (χ4n) is 7.33. The first-order chi connectivity index (χ1) is 20.1. The van der Waals surface area contributed by atoms with Crippen LogP contribution in [0, 0.1) is 0 Å². The van der Waals surface area contributed by atoms with Gasteiger partial charge in [-0.3, -0.25) is 0 Å². The average molecular weight is 527 g/mol. The van der Waals surface area contributed by atoms with E-state index in [2.05, 4.69) is 159 Å². The second-order valence-electron chi connectivity index (χ2n) is 11.6. The zero-order valence-electron chi connectivity index (χ0n) is 23.3. The van der Waals surface area contributed by atoms with Crippen LogP contribution in [0.1, 0.15) is 47.2 Å². The lowest BCUT2D eigenvalue weighted by atomic mass is 9.68. The molecule has 0 saturated heterocycles. The number of benzene rings is 6. The first-order valence-corrected chi connectivity index (χ1v) is 14.4. The molecule has 1 heteroatoms. The van der Waals surface area contributed by atoms with E-state index in [0.29, 0.717) is 0 Å². The van der Waals surface area contributed by atoms with Crippen molar-refractivity contribution in [3.05, 3.63) is 179 Å². The number of hydrogen-bond donors (Lipinski definition) is 0. The van der Waals surface area contributed by atoms with Crippen LogP contribution in [0.3, 0.4) is 0 Å². The lowest BCUT2D eigenvalue weighted by Crippen LogP contribution is -2.29. The van der Waals surface area contributed by atoms with E-state index in [4.69, 9.17) is 4.74 Å². The molecule has 0 spiro atoms. The Labute approximate surface area is 241 Å². The zero-order chi connectivity index (χ0) is 27.6. The van der Waals surface area contributed by atoms with Gasteiger partial charge >= 0.3 is 0 Å².